The molecule has 0 fully saturated rings. The number of anilines is 1. The van der Waals surface area contributed by atoms with E-state index in [4.69, 9.17) is 11.6 Å². The number of hydrogen-bond acceptors (Lipinski definition) is 5. The summed E-state index contributed by atoms with van der Waals surface area (Å²) >= 11 is 5.95. The van der Waals surface area contributed by atoms with E-state index in [1.54, 1.807) is 28.9 Å². The van der Waals surface area contributed by atoms with Gasteiger partial charge in [0.2, 0.25) is 5.95 Å². The molecule has 0 saturated heterocycles. The van der Waals surface area contributed by atoms with Crippen LogP contribution in [0.3, 0.4) is 0 Å². The molecule has 3 heterocycles. The van der Waals surface area contributed by atoms with Crippen molar-refractivity contribution in [2.24, 2.45) is 0 Å². The topological polar surface area (TPSA) is 58.3 Å². The number of imidazole rings is 1. The summed E-state index contributed by atoms with van der Waals surface area (Å²) in [6.07, 6.45) is 4.47. The quantitative estimate of drug-likeness (QED) is 0.777. The molecule has 6 nitrogen and oxygen atoms in total. The van der Waals surface area contributed by atoms with Crippen molar-refractivity contribution >= 4 is 23.2 Å². The first-order valence-electron chi connectivity index (χ1n) is 7.09. The second-order valence-corrected chi connectivity index (χ2v) is 5.77. The second kappa shape index (κ2) is 6.47. The van der Waals surface area contributed by atoms with Crippen LogP contribution in [-0.2, 0) is 0 Å². The summed E-state index contributed by atoms with van der Waals surface area (Å²) in [7, 11) is 3.95. The highest BCUT2D eigenvalue weighted by Crippen LogP contribution is 2.23. The minimum absolute atomic E-state index is 0.196. The predicted octanol–water partition coefficient (Wildman–Crippen LogP) is 2.56. The van der Waals surface area contributed by atoms with Crippen LogP contribution in [0.1, 0.15) is 0 Å². The monoisotopic (exact) mass is 334 g/mol. The molecule has 3 aromatic rings. The van der Waals surface area contributed by atoms with Gasteiger partial charge in [0.05, 0.1) is 18.1 Å². The standard InChI is InChI=1S/C15H16ClFN6/c1-22(2)6-4-18-15-20-8-11(17)14(21-15)12-9-19-13-7-10(16)3-5-23(12)13/h3,5,7-9H,4,6H2,1-2H3,(H,18,20,21). The maximum Gasteiger partial charge on any atom is 0.223 e. The van der Waals surface area contributed by atoms with Gasteiger partial charge < -0.3 is 10.2 Å². The third-order valence-corrected chi connectivity index (χ3v) is 3.54. The maximum absolute atomic E-state index is 14.2. The molecule has 0 amide bonds. The highest BCUT2D eigenvalue weighted by Gasteiger charge is 2.14. The molecule has 0 unspecified atom stereocenters. The number of nitrogens with one attached hydrogen (secondary N) is 1. The Morgan fingerprint density at radius 1 is 1.30 bits per heavy atom. The van der Waals surface area contributed by atoms with E-state index < -0.39 is 5.82 Å². The van der Waals surface area contributed by atoms with Crippen LogP contribution in [0.2, 0.25) is 5.02 Å². The smallest absolute Gasteiger partial charge is 0.223 e. The SMILES string of the molecule is CN(C)CCNc1ncc(F)c(-c2cnc3cc(Cl)ccn23)n1. The molecule has 0 atom stereocenters. The van der Waals surface area contributed by atoms with E-state index in [0.29, 0.717) is 28.9 Å². The number of nitrogens with zero attached hydrogens (tertiary/aromatic N) is 5. The lowest BCUT2D eigenvalue weighted by atomic mass is 10.3. The van der Waals surface area contributed by atoms with E-state index in [0.717, 1.165) is 12.7 Å². The second-order valence-electron chi connectivity index (χ2n) is 5.34. The van der Waals surface area contributed by atoms with Crippen LogP contribution in [0.4, 0.5) is 10.3 Å². The van der Waals surface area contributed by atoms with E-state index in [9.17, 15) is 4.39 Å². The molecular formula is C15H16ClFN6. The van der Waals surface area contributed by atoms with Crippen molar-refractivity contribution in [3.05, 3.63) is 41.6 Å². The lowest BCUT2D eigenvalue weighted by Gasteiger charge is -2.11. The van der Waals surface area contributed by atoms with Crippen LogP contribution in [0.5, 0.6) is 0 Å². The van der Waals surface area contributed by atoms with Crippen molar-refractivity contribution in [2.75, 3.05) is 32.5 Å². The molecule has 0 radical (unpaired) electrons. The lowest BCUT2D eigenvalue weighted by molar-refractivity contribution is 0.425. The summed E-state index contributed by atoms with van der Waals surface area (Å²) in [5.41, 5.74) is 1.38. The van der Waals surface area contributed by atoms with Crippen molar-refractivity contribution in [2.45, 2.75) is 0 Å². The van der Waals surface area contributed by atoms with Gasteiger partial charge >= 0.3 is 0 Å². The number of pyridine rings is 1. The summed E-state index contributed by atoms with van der Waals surface area (Å²) in [4.78, 5) is 14.5. The summed E-state index contributed by atoms with van der Waals surface area (Å²) < 4.78 is 15.9. The summed E-state index contributed by atoms with van der Waals surface area (Å²) in [5, 5.41) is 3.65. The Kier molecular flexibility index (Phi) is 4.40. The molecular weight excluding hydrogens is 319 g/mol. The first-order chi connectivity index (χ1) is 11.0. The van der Waals surface area contributed by atoms with Crippen molar-refractivity contribution in [1.29, 1.82) is 0 Å². The zero-order valence-corrected chi connectivity index (χ0v) is 13.5. The van der Waals surface area contributed by atoms with Crippen LogP contribution in [0.25, 0.3) is 17.0 Å². The van der Waals surface area contributed by atoms with Gasteiger partial charge in [0, 0.05) is 30.4 Å². The normalized spacial score (nSPS) is 11.3. The average molecular weight is 335 g/mol. The van der Waals surface area contributed by atoms with E-state index >= 15 is 0 Å². The van der Waals surface area contributed by atoms with E-state index in [1.165, 1.54) is 0 Å². The fourth-order valence-electron chi connectivity index (χ4n) is 2.15. The Labute approximate surface area is 138 Å². The van der Waals surface area contributed by atoms with Gasteiger partial charge in [0.1, 0.15) is 11.3 Å². The fraction of sp³-hybridized carbons (Fsp3) is 0.267. The number of fused-ring (bicyclic) bond motifs is 1. The largest absolute Gasteiger partial charge is 0.353 e. The molecule has 3 rings (SSSR count). The van der Waals surface area contributed by atoms with Crippen LogP contribution < -0.4 is 5.32 Å². The van der Waals surface area contributed by atoms with Gasteiger partial charge in [-0.05, 0) is 20.2 Å². The number of likely N-dealkylation sites (N-methyl/N-ethyl adjacent to an activating group) is 1. The van der Waals surface area contributed by atoms with E-state index in [-0.39, 0.29) is 5.69 Å². The Hall–Kier alpha value is -2.25. The number of hydrogen-bond donors (Lipinski definition) is 1. The lowest BCUT2D eigenvalue weighted by Crippen LogP contribution is -2.21. The van der Waals surface area contributed by atoms with Gasteiger partial charge in [-0.2, -0.15) is 0 Å². The molecule has 0 aromatic carbocycles. The highest BCUT2D eigenvalue weighted by molar-refractivity contribution is 6.30. The number of halogens is 2. The Morgan fingerprint density at radius 2 is 2.13 bits per heavy atom. The molecule has 0 aliphatic carbocycles. The van der Waals surface area contributed by atoms with Crippen LogP contribution in [-0.4, -0.2) is 51.4 Å². The Bertz CT molecular complexity index is 832. The molecule has 0 saturated carbocycles. The molecule has 0 spiro atoms. The van der Waals surface area contributed by atoms with Crippen molar-refractivity contribution < 1.29 is 4.39 Å². The summed E-state index contributed by atoms with van der Waals surface area (Å²) in [6.45, 7) is 1.49. The predicted molar refractivity (Wildman–Crippen MR) is 88.2 cm³/mol. The molecule has 8 heteroatoms. The first kappa shape index (κ1) is 15.6. The average Bonchev–Trinajstić information content (AvgIpc) is 2.91. The minimum Gasteiger partial charge on any atom is -0.353 e. The van der Waals surface area contributed by atoms with Gasteiger partial charge in [-0.25, -0.2) is 19.3 Å². The first-order valence-corrected chi connectivity index (χ1v) is 7.46. The van der Waals surface area contributed by atoms with E-state index in [2.05, 4.69) is 20.3 Å². The van der Waals surface area contributed by atoms with Gasteiger partial charge in [-0.15, -0.1) is 0 Å². The molecule has 0 aliphatic rings. The van der Waals surface area contributed by atoms with Gasteiger partial charge in [0.25, 0.3) is 0 Å². The zero-order chi connectivity index (χ0) is 16.4. The fourth-order valence-corrected chi connectivity index (χ4v) is 2.31. The maximum atomic E-state index is 14.2. The highest BCUT2D eigenvalue weighted by atomic mass is 35.5. The number of aromatic nitrogens is 4. The van der Waals surface area contributed by atoms with Crippen molar-refractivity contribution in [1.82, 2.24) is 24.3 Å². The summed E-state index contributed by atoms with van der Waals surface area (Å²) in [6, 6.07) is 3.43. The van der Waals surface area contributed by atoms with Crippen molar-refractivity contribution in [3.63, 3.8) is 0 Å². The number of rotatable bonds is 5. The Morgan fingerprint density at radius 3 is 2.91 bits per heavy atom. The van der Waals surface area contributed by atoms with Gasteiger partial charge in [0.15, 0.2) is 5.82 Å². The third kappa shape index (κ3) is 3.40. The third-order valence-electron chi connectivity index (χ3n) is 3.30. The molecule has 1 N–H and O–H groups in total. The minimum atomic E-state index is -0.500. The van der Waals surface area contributed by atoms with Crippen LogP contribution in [0.15, 0.2) is 30.7 Å². The Balaban J connectivity index is 1.94. The molecule has 120 valence electrons. The molecule has 23 heavy (non-hydrogen) atoms. The molecule has 0 aliphatic heterocycles. The molecule has 0 bridgehead atoms. The van der Waals surface area contributed by atoms with Gasteiger partial charge in [-0.1, -0.05) is 11.6 Å². The summed E-state index contributed by atoms with van der Waals surface area (Å²) in [5.74, 6) is -0.118. The van der Waals surface area contributed by atoms with Crippen molar-refractivity contribution in [3.8, 4) is 11.4 Å². The van der Waals surface area contributed by atoms with Gasteiger partial charge in [-0.3, -0.25) is 4.40 Å². The van der Waals surface area contributed by atoms with Crippen LogP contribution in [0, 0.1) is 5.82 Å². The zero-order valence-electron chi connectivity index (χ0n) is 12.8. The molecule has 3 aromatic heterocycles. The van der Waals surface area contributed by atoms with E-state index in [1.807, 2.05) is 19.0 Å². The van der Waals surface area contributed by atoms with Crippen LogP contribution >= 0.6 is 11.6 Å².